The van der Waals surface area contributed by atoms with E-state index in [9.17, 15) is 4.79 Å². The van der Waals surface area contributed by atoms with Gasteiger partial charge in [-0.15, -0.1) is 0 Å². The van der Waals surface area contributed by atoms with E-state index < -0.39 is 0 Å². The van der Waals surface area contributed by atoms with Crippen LogP contribution in [0, 0.1) is 6.92 Å². The Morgan fingerprint density at radius 2 is 2.11 bits per heavy atom. The number of ether oxygens (including phenoxy) is 1. The van der Waals surface area contributed by atoms with Crippen LogP contribution in [0.25, 0.3) is 0 Å². The van der Waals surface area contributed by atoms with Crippen LogP contribution < -0.4 is 4.74 Å². The first-order valence-electron chi connectivity index (χ1n) is 5.95. The second-order valence-electron chi connectivity index (χ2n) is 4.19. The Kier molecular flexibility index (Phi) is 4.12. The van der Waals surface area contributed by atoms with Crippen LogP contribution in [-0.2, 0) is 11.3 Å². The molecule has 0 radical (unpaired) electrons. The molecule has 0 aliphatic carbocycles. The number of likely N-dealkylation sites (N-methyl/N-ethyl adjacent to an activating group) is 1. The first kappa shape index (κ1) is 13.1. The number of nitrogens with zero attached hydrogens (tertiary/aromatic N) is 3. The molecule has 0 saturated carbocycles. The van der Waals surface area contributed by atoms with E-state index in [0.717, 1.165) is 5.82 Å². The number of aromatic amines is 1. The van der Waals surface area contributed by atoms with Gasteiger partial charge in [-0.2, -0.15) is 5.10 Å². The Morgan fingerprint density at radius 3 is 2.74 bits per heavy atom. The summed E-state index contributed by atoms with van der Waals surface area (Å²) in [4.78, 5) is 17.5. The molecule has 0 unspecified atom stereocenters. The van der Waals surface area contributed by atoms with Crippen LogP contribution in [-0.4, -0.2) is 39.6 Å². The Morgan fingerprint density at radius 1 is 1.37 bits per heavy atom. The summed E-state index contributed by atoms with van der Waals surface area (Å²) in [5.74, 6) is 1.88. The van der Waals surface area contributed by atoms with E-state index in [1.165, 1.54) is 4.90 Å². The van der Waals surface area contributed by atoms with Crippen molar-refractivity contribution in [3.8, 4) is 5.75 Å². The first-order valence-corrected chi connectivity index (χ1v) is 5.95. The fourth-order valence-electron chi connectivity index (χ4n) is 1.53. The van der Waals surface area contributed by atoms with Crippen LogP contribution in [0.1, 0.15) is 11.6 Å². The van der Waals surface area contributed by atoms with Gasteiger partial charge in [0, 0.05) is 7.05 Å². The van der Waals surface area contributed by atoms with E-state index in [1.54, 1.807) is 7.05 Å². The van der Waals surface area contributed by atoms with Gasteiger partial charge in [0.05, 0.1) is 6.54 Å². The maximum Gasteiger partial charge on any atom is 0.260 e. The number of aromatic nitrogens is 3. The monoisotopic (exact) mass is 260 g/mol. The van der Waals surface area contributed by atoms with Gasteiger partial charge in [0.2, 0.25) is 0 Å². The highest BCUT2D eigenvalue weighted by Crippen LogP contribution is 2.08. The van der Waals surface area contributed by atoms with Crippen molar-refractivity contribution >= 4 is 5.91 Å². The van der Waals surface area contributed by atoms with Crippen LogP contribution in [0.2, 0.25) is 0 Å². The summed E-state index contributed by atoms with van der Waals surface area (Å²) in [6.07, 6.45) is 0. The molecule has 6 nitrogen and oxygen atoms in total. The largest absolute Gasteiger partial charge is 0.484 e. The molecule has 1 heterocycles. The van der Waals surface area contributed by atoms with Crippen molar-refractivity contribution < 1.29 is 9.53 Å². The highest BCUT2D eigenvalue weighted by Gasteiger charge is 2.12. The van der Waals surface area contributed by atoms with Gasteiger partial charge in [-0.1, -0.05) is 18.2 Å². The molecule has 1 aromatic carbocycles. The van der Waals surface area contributed by atoms with E-state index in [1.807, 2.05) is 37.3 Å². The minimum atomic E-state index is -0.119. The predicted octanol–water partition coefficient (Wildman–Crippen LogP) is 1.15. The minimum Gasteiger partial charge on any atom is -0.484 e. The third-order valence-corrected chi connectivity index (χ3v) is 2.55. The maximum absolute atomic E-state index is 11.9. The number of H-pyrrole nitrogens is 1. The third kappa shape index (κ3) is 3.80. The summed E-state index contributed by atoms with van der Waals surface area (Å²) in [5.41, 5.74) is 0. The topological polar surface area (TPSA) is 71.1 Å². The molecule has 2 rings (SSSR count). The fraction of sp³-hybridized carbons (Fsp3) is 0.308. The number of carbonyl (C=O) groups excluding carboxylic acids is 1. The molecule has 0 spiro atoms. The quantitative estimate of drug-likeness (QED) is 0.875. The zero-order valence-electron chi connectivity index (χ0n) is 11.0. The number of hydrogen-bond acceptors (Lipinski definition) is 4. The molecular weight excluding hydrogens is 244 g/mol. The smallest absolute Gasteiger partial charge is 0.260 e. The van der Waals surface area contributed by atoms with Crippen LogP contribution in [0.4, 0.5) is 0 Å². The summed E-state index contributed by atoms with van der Waals surface area (Å²) >= 11 is 0. The number of hydrogen-bond donors (Lipinski definition) is 1. The molecule has 19 heavy (non-hydrogen) atoms. The molecule has 0 aliphatic rings. The van der Waals surface area contributed by atoms with Crippen molar-refractivity contribution in [2.45, 2.75) is 13.5 Å². The average Bonchev–Trinajstić information content (AvgIpc) is 2.82. The van der Waals surface area contributed by atoms with Gasteiger partial charge in [-0.25, -0.2) is 4.98 Å². The average molecular weight is 260 g/mol. The van der Waals surface area contributed by atoms with Crippen molar-refractivity contribution in [2.75, 3.05) is 13.7 Å². The number of nitrogens with one attached hydrogen (secondary N) is 1. The lowest BCUT2D eigenvalue weighted by Gasteiger charge is -2.15. The zero-order valence-corrected chi connectivity index (χ0v) is 11.0. The number of rotatable bonds is 5. The van der Waals surface area contributed by atoms with Gasteiger partial charge in [0.15, 0.2) is 12.4 Å². The van der Waals surface area contributed by atoms with Crippen molar-refractivity contribution in [3.63, 3.8) is 0 Å². The second-order valence-corrected chi connectivity index (χ2v) is 4.19. The van der Waals surface area contributed by atoms with E-state index in [2.05, 4.69) is 15.2 Å². The molecule has 6 heteroatoms. The number of amides is 1. The molecule has 1 N–H and O–H groups in total. The molecule has 1 aromatic heterocycles. The minimum absolute atomic E-state index is 0.00389. The Labute approximate surface area is 111 Å². The molecule has 2 aromatic rings. The van der Waals surface area contributed by atoms with Gasteiger partial charge in [-0.3, -0.25) is 9.89 Å². The van der Waals surface area contributed by atoms with Crippen molar-refractivity contribution in [3.05, 3.63) is 42.0 Å². The van der Waals surface area contributed by atoms with Crippen LogP contribution in [0.5, 0.6) is 5.75 Å². The molecule has 0 saturated heterocycles. The molecule has 0 fully saturated rings. The van der Waals surface area contributed by atoms with Gasteiger partial charge in [-0.05, 0) is 19.1 Å². The van der Waals surface area contributed by atoms with Crippen LogP contribution >= 0.6 is 0 Å². The second kappa shape index (κ2) is 5.99. The SMILES string of the molecule is Cc1nc(CN(C)C(=O)COc2ccccc2)n[nH]1. The summed E-state index contributed by atoms with van der Waals surface area (Å²) in [6, 6.07) is 9.24. The third-order valence-electron chi connectivity index (χ3n) is 2.55. The summed E-state index contributed by atoms with van der Waals surface area (Å²) in [5, 5.41) is 6.73. The number of carbonyl (C=O) groups is 1. The predicted molar refractivity (Wildman–Crippen MR) is 69.5 cm³/mol. The molecule has 100 valence electrons. The lowest BCUT2D eigenvalue weighted by molar-refractivity contribution is -0.132. The number of para-hydroxylation sites is 1. The van der Waals surface area contributed by atoms with Gasteiger partial charge in [0.1, 0.15) is 11.6 Å². The van der Waals surface area contributed by atoms with Crippen molar-refractivity contribution in [1.82, 2.24) is 20.1 Å². The van der Waals surface area contributed by atoms with Gasteiger partial charge >= 0.3 is 0 Å². The van der Waals surface area contributed by atoms with Crippen LogP contribution in [0.15, 0.2) is 30.3 Å². The molecular formula is C13H16N4O2. The Hall–Kier alpha value is -2.37. The molecule has 0 atom stereocenters. The Balaban J connectivity index is 1.82. The maximum atomic E-state index is 11.9. The first-order chi connectivity index (χ1) is 9.15. The van der Waals surface area contributed by atoms with Gasteiger partial charge in [0.25, 0.3) is 5.91 Å². The highest BCUT2D eigenvalue weighted by molar-refractivity contribution is 5.77. The lowest BCUT2D eigenvalue weighted by atomic mass is 10.3. The van der Waals surface area contributed by atoms with E-state index >= 15 is 0 Å². The number of aryl methyl sites for hydroxylation is 1. The van der Waals surface area contributed by atoms with E-state index in [0.29, 0.717) is 18.1 Å². The normalized spacial score (nSPS) is 10.2. The molecule has 0 bridgehead atoms. The van der Waals surface area contributed by atoms with Crippen molar-refractivity contribution in [2.24, 2.45) is 0 Å². The molecule has 1 amide bonds. The summed E-state index contributed by atoms with van der Waals surface area (Å²) in [6.45, 7) is 2.18. The summed E-state index contributed by atoms with van der Waals surface area (Å²) in [7, 11) is 1.70. The zero-order chi connectivity index (χ0) is 13.7. The Bertz CT molecular complexity index is 539. The highest BCUT2D eigenvalue weighted by atomic mass is 16.5. The van der Waals surface area contributed by atoms with Gasteiger partial charge < -0.3 is 9.64 Å². The van der Waals surface area contributed by atoms with Crippen molar-refractivity contribution in [1.29, 1.82) is 0 Å². The fourth-order valence-corrected chi connectivity index (χ4v) is 1.53. The number of benzene rings is 1. The van der Waals surface area contributed by atoms with Crippen LogP contribution in [0.3, 0.4) is 0 Å². The standard InChI is InChI=1S/C13H16N4O2/c1-10-14-12(16-15-10)8-17(2)13(18)9-19-11-6-4-3-5-7-11/h3-7H,8-9H2,1-2H3,(H,14,15,16). The summed E-state index contributed by atoms with van der Waals surface area (Å²) < 4.78 is 5.39. The van der Waals surface area contributed by atoms with E-state index in [-0.39, 0.29) is 12.5 Å². The van der Waals surface area contributed by atoms with E-state index in [4.69, 9.17) is 4.74 Å². The lowest BCUT2D eigenvalue weighted by Crippen LogP contribution is -2.31. The molecule has 0 aliphatic heterocycles.